The number of carbonyl (C=O) groups excluding carboxylic acids is 1. The zero-order valence-corrected chi connectivity index (χ0v) is 14.7. The van der Waals surface area contributed by atoms with Crippen molar-refractivity contribution in [1.82, 2.24) is 0 Å². The van der Waals surface area contributed by atoms with Crippen molar-refractivity contribution >= 4 is 17.1 Å². The second-order valence-corrected chi connectivity index (χ2v) is 6.35. The molecule has 0 atom stereocenters. The molecule has 0 heterocycles. The van der Waals surface area contributed by atoms with Gasteiger partial charge in [0.25, 0.3) is 0 Å². The largest absolute Gasteiger partial charge is 0.507 e. The van der Waals surface area contributed by atoms with Gasteiger partial charge in [0.15, 0.2) is 5.78 Å². The molecule has 0 fully saturated rings. The van der Waals surface area contributed by atoms with Crippen LogP contribution in [0.15, 0.2) is 114 Å². The summed E-state index contributed by atoms with van der Waals surface area (Å²) in [5, 5.41) is 10.9. The van der Waals surface area contributed by atoms with E-state index in [-0.39, 0.29) is 11.5 Å². The van der Waals surface area contributed by atoms with Crippen molar-refractivity contribution in [2.75, 3.05) is 0 Å². The molecule has 2 heteroatoms. The zero-order chi connectivity index (χ0) is 18.6. The molecule has 3 aromatic carbocycles. The van der Waals surface area contributed by atoms with Crippen LogP contribution in [0.5, 0.6) is 0 Å². The first-order chi connectivity index (χ1) is 13.2. The van der Waals surface area contributed by atoms with Gasteiger partial charge in [0.2, 0.25) is 0 Å². The van der Waals surface area contributed by atoms with Gasteiger partial charge in [-0.3, -0.25) is 4.79 Å². The van der Waals surface area contributed by atoms with E-state index in [9.17, 15) is 9.90 Å². The van der Waals surface area contributed by atoms with Gasteiger partial charge in [-0.25, -0.2) is 0 Å². The second kappa shape index (κ2) is 7.30. The van der Waals surface area contributed by atoms with Crippen LogP contribution in [0.1, 0.15) is 21.5 Å². The molecule has 0 saturated heterocycles. The van der Waals surface area contributed by atoms with Crippen molar-refractivity contribution < 1.29 is 9.90 Å². The number of hydrogen-bond donors (Lipinski definition) is 1. The highest BCUT2D eigenvalue weighted by molar-refractivity contribution is 6.16. The number of ketones is 1. The van der Waals surface area contributed by atoms with Gasteiger partial charge in [-0.15, -0.1) is 0 Å². The molecule has 2 nitrogen and oxygen atoms in total. The zero-order valence-electron chi connectivity index (χ0n) is 14.7. The van der Waals surface area contributed by atoms with Crippen LogP contribution in [0, 0.1) is 0 Å². The lowest BCUT2D eigenvalue weighted by molar-refractivity contribution is 0.103. The van der Waals surface area contributed by atoms with Gasteiger partial charge >= 0.3 is 0 Å². The van der Waals surface area contributed by atoms with Crippen molar-refractivity contribution in [3.8, 4) is 0 Å². The summed E-state index contributed by atoms with van der Waals surface area (Å²) in [5.74, 6) is 0.00678. The topological polar surface area (TPSA) is 37.3 Å². The lowest BCUT2D eigenvalue weighted by atomic mass is 9.96. The Morgan fingerprint density at radius 2 is 1.15 bits per heavy atom. The molecule has 3 aromatic rings. The van der Waals surface area contributed by atoms with Crippen LogP contribution in [0.2, 0.25) is 0 Å². The van der Waals surface area contributed by atoms with E-state index in [0.717, 1.165) is 11.1 Å². The molecule has 1 aliphatic rings. The molecule has 1 N–H and O–H groups in total. The summed E-state index contributed by atoms with van der Waals surface area (Å²) in [5.41, 5.74) is 4.25. The molecule has 4 rings (SSSR count). The standard InChI is InChI=1S/C25H18O2/c26-24(19-12-6-2-7-13-19)22-16-21(18-10-4-1-5-11-18)17-23(22)25(27)20-14-8-3-9-15-20/h1-17,26H/b24-22-. The molecule has 130 valence electrons. The maximum absolute atomic E-state index is 13.1. The minimum absolute atomic E-state index is 0.102. The fourth-order valence-electron chi connectivity index (χ4n) is 3.19. The molecule has 0 radical (unpaired) electrons. The molecule has 0 amide bonds. The van der Waals surface area contributed by atoms with E-state index in [1.54, 1.807) is 12.1 Å². The third-order valence-corrected chi connectivity index (χ3v) is 4.58. The number of benzene rings is 3. The first-order valence-corrected chi connectivity index (χ1v) is 8.81. The average Bonchev–Trinajstić information content (AvgIpc) is 3.20. The molecule has 0 aliphatic heterocycles. The van der Waals surface area contributed by atoms with E-state index >= 15 is 0 Å². The highest BCUT2D eigenvalue weighted by Gasteiger charge is 2.24. The fourth-order valence-corrected chi connectivity index (χ4v) is 3.19. The Labute approximate surface area is 158 Å². The average molecular weight is 350 g/mol. The number of aliphatic hydroxyl groups is 1. The number of allylic oxidation sites excluding steroid dienone is 5. The van der Waals surface area contributed by atoms with Crippen LogP contribution in [-0.4, -0.2) is 10.9 Å². The number of hydrogen-bond acceptors (Lipinski definition) is 2. The SMILES string of the molecule is O=C(C1=CC(c2ccccc2)=C/C1=C(/O)c1ccccc1)c1ccccc1. The highest BCUT2D eigenvalue weighted by atomic mass is 16.3. The van der Waals surface area contributed by atoms with Crippen molar-refractivity contribution in [3.63, 3.8) is 0 Å². The van der Waals surface area contributed by atoms with Crippen LogP contribution in [0.4, 0.5) is 0 Å². The minimum Gasteiger partial charge on any atom is -0.507 e. The van der Waals surface area contributed by atoms with Gasteiger partial charge in [-0.2, -0.15) is 0 Å². The summed E-state index contributed by atoms with van der Waals surface area (Å²) in [4.78, 5) is 13.1. The van der Waals surface area contributed by atoms with Crippen molar-refractivity contribution in [1.29, 1.82) is 0 Å². The predicted molar refractivity (Wildman–Crippen MR) is 109 cm³/mol. The third kappa shape index (κ3) is 3.38. The van der Waals surface area contributed by atoms with Crippen LogP contribution >= 0.6 is 0 Å². The molecular formula is C25H18O2. The van der Waals surface area contributed by atoms with E-state index in [1.165, 1.54) is 0 Å². The Morgan fingerprint density at radius 3 is 1.74 bits per heavy atom. The van der Waals surface area contributed by atoms with Crippen LogP contribution in [-0.2, 0) is 0 Å². The van der Waals surface area contributed by atoms with E-state index in [1.807, 2.05) is 91.0 Å². The summed E-state index contributed by atoms with van der Waals surface area (Å²) in [6.07, 6.45) is 3.74. The fraction of sp³-hybridized carbons (Fsp3) is 0. The summed E-state index contributed by atoms with van der Waals surface area (Å²) in [7, 11) is 0. The first-order valence-electron chi connectivity index (χ1n) is 8.81. The van der Waals surface area contributed by atoms with Gasteiger partial charge in [0.1, 0.15) is 5.76 Å². The van der Waals surface area contributed by atoms with Crippen molar-refractivity contribution in [3.05, 3.63) is 131 Å². The van der Waals surface area contributed by atoms with Crippen LogP contribution in [0.3, 0.4) is 0 Å². The summed E-state index contributed by atoms with van der Waals surface area (Å²) < 4.78 is 0. The summed E-state index contributed by atoms with van der Waals surface area (Å²) in [6, 6.07) is 28.3. The Bertz CT molecular complexity index is 1060. The number of rotatable bonds is 4. The summed E-state index contributed by atoms with van der Waals surface area (Å²) >= 11 is 0. The monoisotopic (exact) mass is 350 g/mol. The lowest BCUT2D eigenvalue weighted by Crippen LogP contribution is -2.05. The van der Waals surface area contributed by atoms with E-state index in [0.29, 0.717) is 22.3 Å². The second-order valence-electron chi connectivity index (χ2n) is 6.35. The first kappa shape index (κ1) is 16.8. The maximum atomic E-state index is 13.1. The van der Waals surface area contributed by atoms with E-state index in [2.05, 4.69) is 0 Å². The number of carbonyl (C=O) groups is 1. The van der Waals surface area contributed by atoms with Crippen molar-refractivity contribution in [2.24, 2.45) is 0 Å². The quantitative estimate of drug-likeness (QED) is 0.472. The van der Waals surface area contributed by atoms with Gasteiger partial charge in [0.05, 0.1) is 0 Å². The van der Waals surface area contributed by atoms with E-state index < -0.39 is 0 Å². The van der Waals surface area contributed by atoms with Gasteiger partial charge < -0.3 is 5.11 Å². The Hall–Kier alpha value is -3.65. The molecule has 27 heavy (non-hydrogen) atoms. The molecule has 0 saturated carbocycles. The molecule has 1 aliphatic carbocycles. The molecule has 0 unspecified atom stereocenters. The molecule has 0 aromatic heterocycles. The van der Waals surface area contributed by atoms with Crippen LogP contribution in [0.25, 0.3) is 11.3 Å². The lowest BCUT2D eigenvalue weighted by Gasteiger charge is -2.08. The Morgan fingerprint density at radius 1 is 0.630 bits per heavy atom. The minimum atomic E-state index is -0.102. The molecule has 0 spiro atoms. The van der Waals surface area contributed by atoms with E-state index in [4.69, 9.17) is 0 Å². The molecule has 0 bridgehead atoms. The van der Waals surface area contributed by atoms with Gasteiger partial charge in [-0.05, 0) is 23.3 Å². The Kier molecular flexibility index (Phi) is 4.54. The van der Waals surface area contributed by atoms with Gasteiger partial charge in [0, 0.05) is 22.3 Å². The maximum Gasteiger partial charge on any atom is 0.193 e. The van der Waals surface area contributed by atoms with Crippen LogP contribution < -0.4 is 0 Å². The van der Waals surface area contributed by atoms with Crippen molar-refractivity contribution in [2.45, 2.75) is 0 Å². The summed E-state index contributed by atoms with van der Waals surface area (Å²) in [6.45, 7) is 0. The Balaban J connectivity index is 1.85. The smallest absolute Gasteiger partial charge is 0.193 e. The predicted octanol–water partition coefficient (Wildman–Crippen LogP) is 5.86. The molecular weight excluding hydrogens is 332 g/mol. The normalized spacial score (nSPS) is 15.1. The third-order valence-electron chi connectivity index (χ3n) is 4.58. The highest BCUT2D eigenvalue weighted by Crippen LogP contribution is 2.35. The van der Waals surface area contributed by atoms with Gasteiger partial charge in [-0.1, -0.05) is 91.0 Å². The number of aliphatic hydroxyl groups excluding tert-OH is 1. The number of Topliss-reactive ketones (excluding diaryl/α,β-unsaturated/α-hetero) is 1.